The number of hydrogen-bond acceptors (Lipinski definition) is 3. The average molecular weight is 290 g/mol. The van der Waals surface area contributed by atoms with Gasteiger partial charge in [-0.3, -0.25) is 4.79 Å². The first-order chi connectivity index (χ1) is 10.0. The fourth-order valence-electron chi connectivity index (χ4n) is 1.88. The number of ether oxygens (including phenoxy) is 1. The molecule has 0 fully saturated rings. The Bertz CT molecular complexity index is 484. The summed E-state index contributed by atoms with van der Waals surface area (Å²) < 4.78 is 5.50. The van der Waals surface area contributed by atoms with Crippen molar-refractivity contribution >= 4 is 11.6 Å². The SMILES string of the molecule is C=C(C)COc1ccc(C(=O)NCCCCCC)cc1N. The molecule has 1 aromatic carbocycles. The van der Waals surface area contributed by atoms with Crippen LogP contribution in [-0.4, -0.2) is 19.1 Å². The zero-order chi connectivity index (χ0) is 15.7. The lowest BCUT2D eigenvalue weighted by molar-refractivity contribution is 0.0953. The van der Waals surface area contributed by atoms with E-state index in [2.05, 4.69) is 18.8 Å². The molecule has 3 N–H and O–H groups in total. The van der Waals surface area contributed by atoms with Gasteiger partial charge in [0, 0.05) is 12.1 Å². The third-order valence-electron chi connectivity index (χ3n) is 3.06. The lowest BCUT2D eigenvalue weighted by Gasteiger charge is -2.10. The number of nitrogen functional groups attached to an aromatic ring is 1. The summed E-state index contributed by atoms with van der Waals surface area (Å²) in [5, 5.41) is 2.91. The highest BCUT2D eigenvalue weighted by Crippen LogP contribution is 2.23. The molecule has 1 rings (SSSR count). The Labute approximate surface area is 127 Å². The van der Waals surface area contributed by atoms with Crippen LogP contribution in [0.15, 0.2) is 30.4 Å². The summed E-state index contributed by atoms with van der Waals surface area (Å²) in [6.07, 6.45) is 4.55. The Morgan fingerprint density at radius 3 is 2.71 bits per heavy atom. The Kier molecular flexibility index (Phi) is 7.37. The molecule has 0 saturated heterocycles. The third kappa shape index (κ3) is 6.34. The topological polar surface area (TPSA) is 64.3 Å². The van der Waals surface area contributed by atoms with Crippen molar-refractivity contribution in [3.63, 3.8) is 0 Å². The summed E-state index contributed by atoms with van der Waals surface area (Å²) in [5.74, 6) is 0.488. The molecule has 0 spiro atoms. The summed E-state index contributed by atoms with van der Waals surface area (Å²) in [6, 6.07) is 5.10. The maximum absolute atomic E-state index is 12.0. The van der Waals surface area contributed by atoms with E-state index < -0.39 is 0 Å². The third-order valence-corrected chi connectivity index (χ3v) is 3.06. The van der Waals surface area contributed by atoms with Crippen LogP contribution in [0.3, 0.4) is 0 Å². The molecule has 0 heterocycles. The fourth-order valence-corrected chi connectivity index (χ4v) is 1.88. The molecule has 0 aromatic heterocycles. The number of benzene rings is 1. The van der Waals surface area contributed by atoms with Gasteiger partial charge in [-0.05, 0) is 37.1 Å². The van der Waals surface area contributed by atoms with Crippen LogP contribution in [-0.2, 0) is 0 Å². The molecule has 0 saturated carbocycles. The number of carbonyl (C=O) groups is 1. The summed E-state index contributed by atoms with van der Waals surface area (Å²) in [7, 11) is 0. The molecule has 0 aliphatic rings. The number of carbonyl (C=O) groups excluding carboxylic acids is 1. The van der Waals surface area contributed by atoms with Gasteiger partial charge in [0.2, 0.25) is 0 Å². The number of amides is 1. The van der Waals surface area contributed by atoms with Crippen molar-refractivity contribution in [2.75, 3.05) is 18.9 Å². The van der Waals surface area contributed by atoms with E-state index in [1.165, 1.54) is 12.8 Å². The molecule has 116 valence electrons. The van der Waals surface area contributed by atoms with E-state index in [1.807, 2.05) is 6.92 Å². The summed E-state index contributed by atoms with van der Waals surface area (Å²) in [6.45, 7) is 8.95. The van der Waals surface area contributed by atoms with Crippen molar-refractivity contribution in [2.24, 2.45) is 0 Å². The Balaban J connectivity index is 2.49. The van der Waals surface area contributed by atoms with E-state index in [-0.39, 0.29) is 5.91 Å². The van der Waals surface area contributed by atoms with E-state index in [1.54, 1.807) is 18.2 Å². The smallest absolute Gasteiger partial charge is 0.251 e. The van der Waals surface area contributed by atoms with Crippen molar-refractivity contribution < 1.29 is 9.53 Å². The highest BCUT2D eigenvalue weighted by atomic mass is 16.5. The van der Waals surface area contributed by atoms with Crippen LogP contribution < -0.4 is 15.8 Å². The highest BCUT2D eigenvalue weighted by molar-refractivity contribution is 5.95. The quantitative estimate of drug-likeness (QED) is 0.415. The first-order valence-corrected chi connectivity index (χ1v) is 7.49. The fraction of sp³-hybridized carbons (Fsp3) is 0.471. The molecule has 0 radical (unpaired) electrons. The van der Waals surface area contributed by atoms with Gasteiger partial charge in [-0.15, -0.1) is 0 Å². The molecule has 1 amide bonds. The van der Waals surface area contributed by atoms with Crippen LogP contribution in [0, 0.1) is 0 Å². The van der Waals surface area contributed by atoms with Crippen molar-refractivity contribution in [2.45, 2.75) is 39.5 Å². The summed E-state index contributed by atoms with van der Waals surface area (Å²) >= 11 is 0. The number of nitrogens with one attached hydrogen (secondary N) is 1. The second-order valence-electron chi connectivity index (χ2n) is 5.31. The molecule has 0 unspecified atom stereocenters. The standard InChI is InChI=1S/C17H26N2O2/c1-4-5-6-7-10-19-17(20)14-8-9-16(15(18)11-14)21-12-13(2)3/h8-9,11H,2,4-7,10,12,18H2,1,3H3,(H,19,20). The van der Waals surface area contributed by atoms with Crippen molar-refractivity contribution in [3.8, 4) is 5.75 Å². The molecule has 0 bridgehead atoms. The van der Waals surface area contributed by atoms with Crippen LogP contribution in [0.4, 0.5) is 5.69 Å². The second-order valence-corrected chi connectivity index (χ2v) is 5.31. The Morgan fingerprint density at radius 2 is 2.10 bits per heavy atom. The molecule has 4 heteroatoms. The number of nitrogens with two attached hydrogens (primary N) is 1. The molecule has 0 aliphatic carbocycles. The van der Waals surface area contributed by atoms with Crippen LogP contribution in [0.1, 0.15) is 49.9 Å². The van der Waals surface area contributed by atoms with Crippen molar-refractivity contribution in [3.05, 3.63) is 35.9 Å². The Hall–Kier alpha value is -1.97. The second kappa shape index (κ2) is 9.06. The van der Waals surface area contributed by atoms with Crippen molar-refractivity contribution in [1.82, 2.24) is 5.32 Å². The van der Waals surface area contributed by atoms with E-state index in [0.717, 1.165) is 18.4 Å². The minimum atomic E-state index is -0.0929. The van der Waals surface area contributed by atoms with Gasteiger partial charge < -0.3 is 15.8 Å². The number of unbranched alkanes of at least 4 members (excludes halogenated alkanes) is 3. The van der Waals surface area contributed by atoms with Gasteiger partial charge in [0.1, 0.15) is 12.4 Å². The molecule has 4 nitrogen and oxygen atoms in total. The van der Waals surface area contributed by atoms with E-state index in [9.17, 15) is 4.79 Å². The van der Waals surface area contributed by atoms with Crippen LogP contribution >= 0.6 is 0 Å². The van der Waals surface area contributed by atoms with E-state index in [0.29, 0.717) is 30.2 Å². The van der Waals surface area contributed by atoms with Gasteiger partial charge >= 0.3 is 0 Å². The largest absolute Gasteiger partial charge is 0.487 e. The normalized spacial score (nSPS) is 10.2. The zero-order valence-electron chi connectivity index (χ0n) is 13.1. The lowest BCUT2D eigenvalue weighted by Crippen LogP contribution is -2.24. The Morgan fingerprint density at radius 1 is 1.33 bits per heavy atom. The van der Waals surface area contributed by atoms with Crippen LogP contribution in [0.25, 0.3) is 0 Å². The maximum Gasteiger partial charge on any atom is 0.251 e. The zero-order valence-corrected chi connectivity index (χ0v) is 13.1. The van der Waals surface area contributed by atoms with Gasteiger partial charge in [0.15, 0.2) is 0 Å². The molecule has 0 atom stereocenters. The summed E-state index contributed by atoms with van der Waals surface area (Å²) in [4.78, 5) is 12.0. The molecule has 21 heavy (non-hydrogen) atoms. The average Bonchev–Trinajstić information content (AvgIpc) is 2.45. The predicted octanol–water partition coefficient (Wildman–Crippen LogP) is 3.53. The van der Waals surface area contributed by atoms with Crippen LogP contribution in [0.5, 0.6) is 5.75 Å². The molecular formula is C17H26N2O2. The minimum Gasteiger partial charge on any atom is -0.487 e. The van der Waals surface area contributed by atoms with Gasteiger partial charge in [0.05, 0.1) is 5.69 Å². The molecule has 1 aromatic rings. The number of rotatable bonds is 9. The van der Waals surface area contributed by atoms with Gasteiger partial charge in [-0.2, -0.15) is 0 Å². The van der Waals surface area contributed by atoms with Crippen LogP contribution in [0.2, 0.25) is 0 Å². The molecule has 0 aliphatic heterocycles. The lowest BCUT2D eigenvalue weighted by atomic mass is 10.1. The number of hydrogen-bond donors (Lipinski definition) is 2. The first kappa shape index (κ1) is 17.1. The van der Waals surface area contributed by atoms with Gasteiger partial charge in [0.25, 0.3) is 5.91 Å². The number of anilines is 1. The van der Waals surface area contributed by atoms with Crippen molar-refractivity contribution in [1.29, 1.82) is 0 Å². The predicted molar refractivity (Wildman–Crippen MR) is 87.6 cm³/mol. The monoisotopic (exact) mass is 290 g/mol. The molecular weight excluding hydrogens is 264 g/mol. The van der Waals surface area contributed by atoms with Gasteiger partial charge in [-0.25, -0.2) is 0 Å². The van der Waals surface area contributed by atoms with E-state index >= 15 is 0 Å². The minimum absolute atomic E-state index is 0.0929. The van der Waals surface area contributed by atoms with Gasteiger partial charge in [-0.1, -0.05) is 32.8 Å². The summed E-state index contributed by atoms with van der Waals surface area (Å²) in [5.41, 5.74) is 7.85. The maximum atomic E-state index is 12.0. The highest BCUT2D eigenvalue weighted by Gasteiger charge is 2.08. The van der Waals surface area contributed by atoms with E-state index in [4.69, 9.17) is 10.5 Å². The first-order valence-electron chi connectivity index (χ1n) is 7.49.